The molecule has 0 saturated carbocycles. The maximum Gasteiger partial charge on any atom is 0.215 e. The Hall–Kier alpha value is -2.38. The van der Waals surface area contributed by atoms with Crippen LogP contribution < -0.4 is 10.0 Å². The fourth-order valence-electron chi connectivity index (χ4n) is 3.76. The number of aliphatic imine (C=N–C) groups is 1. The lowest BCUT2D eigenvalue weighted by Gasteiger charge is -2.22. The Balaban J connectivity index is 1.59. The molecule has 1 atom stereocenters. The highest BCUT2D eigenvalue weighted by molar-refractivity contribution is 7.88. The SMILES string of the molecule is CCNC(=NCc1ccc(CS(=O)(=O)NC)cc1)N1CCC(Cc2ccccc2)C1. The molecule has 1 heterocycles. The molecule has 2 aromatic rings. The van der Waals surface area contributed by atoms with E-state index < -0.39 is 10.0 Å². The van der Waals surface area contributed by atoms with Crippen LogP contribution in [-0.4, -0.2) is 46.0 Å². The van der Waals surface area contributed by atoms with Crippen LogP contribution in [0.4, 0.5) is 0 Å². The van der Waals surface area contributed by atoms with Crippen molar-refractivity contribution in [2.45, 2.75) is 32.1 Å². The Kier molecular flexibility index (Phi) is 7.87. The van der Waals surface area contributed by atoms with E-state index in [0.29, 0.717) is 12.5 Å². The lowest BCUT2D eigenvalue weighted by atomic mass is 9.99. The third-order valence-corrected chi connectivity index (χ3v) is 6.72. The van der Waals surface area contributed by atoms with Gasteiger partial charge >= 0.3 is 0 Å². The van der Waals surface area contributed by atoms with Crippen LogP contribution >= 0.6 is 0 Å². The molecule has 162 valence electrons. The van der Waals surface area contributed by atoms with Crippen molar-refractivity contribution >= 4 is 16.0 Å². The standard InChI is InChI=1S/C23H32N4O2S/c1-3-25-23(27-14-13-22(17-27)15-19-7-5-4-6-8-19)26-16-20-9-11-21(12-10-20)18-30(28,29)24-2/h4-12,22,24H,3,13-18H2,1-2H3,(H,25,26). The Labute approximate surface area is 180 Å². The number of hydrogen-bond donors (Lipinski definition) is 2. The molecule has 2 N–H and O–H groups in total. The van der Waals surface area contributed by atoms with E-state index in [2.05, 4.69) is 52.2 Å². The second kappa shape index (κ2) is 10.6. The van der Waals surface area contributed by atoms with Gasteiger partial charge in [-0.2, -0.15) is 0 Å². The van der Waals surface area contributed by atoms with Crippen LogP contribution in [0.25, 0.3) is 0 Å². The Morgan fingerprint density at radius 3 is 2.43 bits per heavy atom. The van der Waals surface area contributed by atoms with Crippen molar-refractivity contribution in [3.63, 3.8) is 0 Å². The monoisotopic (exact) mass is 428 g/mol. The number of benzene rings is 2. The summed E-state index contributed by atoms with van der Waals surface area (Å²) >= 11 is 0. The summed E-state index contributed by atoms with van der Waals surface area (Å²) in [5.41, 5.74) is 3.23. The first-order valence-electron chi connectivity index (χ1n) is 10.6. The molecule has 1 fully saturated rings. The third-order valence-electron chi connectivity index (χ3n) is 5.39. The van der Waals surface area contributed by atoms with Crippen molar-refractivity contribution in [2.75, 3.05) is 26.7 Å². The fraction of sp³-hybridized carbons (Fsp3) is 0.435. The van der Waals surface area contributed by atoms with Gasteiger partial charge in [0, 0.05) is 19.6 Å². The second-order valence-electron chi connectivity index (χ2n) is 7.74. The normalized spacial score (nSPS) is 17.3. The topological polar surface area (TPSA) is 73.8 Å². The van der Waals surface area contributed by atoms with Crippen LogP contribution in [0.1, 0.15) is 30.0 Å². The molecule has 1 saturated heterocycles. The molecule has 0 aliphatic carbocycles. The van der Waals surface area contributed by atoms with E-state index in [9.17, 15) is 8.42 Å². The molecule has 0 aromatic heterocycles. The van der Waals surface area contributed by atoms with Gasteiger partial charge < -0.3 is 10.2 Å². The van der Waals surface area contributed by atoms with E-state index in [4.69, 9.17) is 4.99 Å². The van der Waals surface area contributed by atoms with Gasteiger partial charge in [0.25, 0.3) is 0 Å². The van der Waals surface area contributed by atoms with Gasteiger partial charge in [-0.1, -0.05) is 54.6 Å². The van der Waals surface area contributed by atoms with Crippen LogP contribution in [0.2, 0.25) is 0 Å². The van der Waals surface area contributed by atoms with Crippen molar-refractivity contribution in [3.8, 4) is 0 Å². The van der Waals surface area contributed by atoms with Gasteiger partial charge in [0.05, 0.1) is 12.3 Å². The van der Waals surface area contributed by atoms with Crippen molar-refractivity contribution in [2.24, 2.45) is 10.9 Å². The van der Waals surface area contributed by atoms with E-state index in [1.165, 1.54) is 19.0 Å². The van der Waals surface area contributed by atoms with Gasteiger partial charge in [-0.3, -0.25) is 0 Å². The first kappa shape index (κ1) is 22.3. The minimum absolute atomic E-state index is 0.00767. The summed E-state index contributed by atoms with van der Waals surface area (Å²) in [5, 5.41) is 3.42. The maximum atomic E-state index is 11.7. The number of hydrogen-bond acceptors (Lipinski definition) is 3. The molecule has 2 aromatic carbocycles. The van der Waals surface area contributed by atoms with Gasteiger partial charge in [0.15, 0.2) is 5.96 Å². The Morgan fingerprint density at radius 2 is 1.77 bits per heavy atom. The molecule has 0 radical (unpaired) electrons. The van der Waals surface area contributed by atoms with Crippen LogP contribution in [-0.2, 0) is 28.7 Å². The van der Waals surface area contributed by atoms with Gasteiger partial charge in [0.1, 0.15) is 0 Å². The summed E-state index contributed by atoms with van der Waals surface area (Å²) in [6.45, 7) is 5.52. The molecule has 1 unspecified atom stereocenters. The summed E-state index contributed by atoms with van der Waals surface area (Å²) < 4.78 is 25.7. The third kappa shape index (κ3) is 6.57. The van der Waals surface area contributed by atoms with Crippen LogP contribution in [0.3, 0.4) is 0 Å². The molecule has 1 aliphatic heterocycles. The second-order valence-corrected chi connectivity index (χ2v) is 9.67. The minimum Gasteiger partial charge on any atom is -0.357 e. The number of nitrogens with one attached hydrogen (secondary N) is 2. The zero-order valence-corrected chi connectivity index (χ0v) is 18.7. The van der Waals surface area contributed by atoms with Crippen molar-refractivity contribution in [1.29, 1.82) is 0 Å². The summed E-state index contributed by atoms with van der Waals surface area (Å²) in [6.07, 6.45) is 2.28. The Bertz CT molecular complexity index is 927. The van der Waals surface area contributed by atoms with Gasteiger partial charge in [-0.05, 0) is 49.4 Å². The van der Waals surface area contributed by atoms with E-state index in [0.717, 1.165) is 43.1 Å². The number of guanidine groups is 1. The fourth-order valence-corrected chi connectivity index (χ4v) is 4.54. The predicted octanol–water partition coefficient (Wildman–Crippen LogP) is 2.77. The molecule has 6 nitrogen and oxygen atoms in total. The van der Waals surface area contributed by atoms with Gasteiger partial charge in [-0.25, -0.2) is 18.1 Å². The van der Waals surface area contributed by atoms with Crippen LogP contribution in [0.15, 0.2) is 59.6 Å². The van der Waals surface area contributed by atoms with Crippen molar-refractivity contribution < 1.29 is 8.42 Å². The highest BCUT2D eigenvalue weighted by Gasteiger charge is 2.24. The average Bonchev–Trinajstić information content (AvgIpc) is 3.21. The molecule has 1 aliphatic rings. The molecule has 0 bridgehead atoms. The van der Waals surface area contributed by atoms with E-state index >= 15 is 0 Å². The molecule has 30 heavy (non-hydrogen) atoms. The maximum absolute atomic E-state index is 11.7. The summed E-state index contributed by atoms with van der Waals surface area (Å²) in [7, 11) is -1.82. The quantitative estimate of drug-likeness (QED) is 0.501. The largest absolute Gasteiger partial charge is 0.357 e. The van der Waals surface area contributed by atoms with Crippen LogP contribution in [0.5, 0.6) is 0 Å². The molecule has 0 amide bonds. The minimum atomic E-state index is -3.25. The number of rotatable bonds is 8. The van der Waals surface area contributed by atoms with E-state index in [-0.39, 0.29) is 5.75 Å². The number of nitrogens with zero attached hydrogens (tertiary/aromatic N) is 2. The molecule has 7 heteroatoms. The zero-order valence-electron chi connectivity index (χ0n) is 17.8. The van der Waals surface area contributed by atoms with Crippen molar-refractivity contribution in [3.05, 3.63) is 71.3 Å². The highest BCUT2D eigenvalue weighted by Crippen LogP contribution is 2.21. The Morgan fingerprint density at radius 1 is 1.07 bits per heavy atom. The molecular weight excluding hydrogens is 396 g/mol. The zero-order chi connectivity index (χ0) is 21.4. The smallest absolute Gasteiger partial charge is 0.215 e. The van der Waals surface area contributed by atoms with Gasteiger partial charge in [-0.15, -0.1) is 0 Å². The molecular formula is C23H32N4O2S. The summed E-state index contributed by atoms with van der Waals surface area (Å²) in [5.74, 6) is 1.59. The lowest BCUT2D eigenvalue weighted by molar-refractivity contribution is 0.460. The summed E-state index contributed by atoms with van der Waals surface area (Å²) in [6, 6.07) is 18.3. The summed E-state index contributed by atoms with van der Waals surface area (Å²) in [4.78, 5) is 7.18. The first-order chi connectivity index (χ1) is 14.5. The van der Waals surface area contributed by atoms with Crippen molar-refractivity contribution in [1.82, 2.24) is 14.9 Å². The number of likely N-dealkylation sites (tertiary alicyclic amines) is 1. The number of sulfonamides is 1. The molecule has 3 rings (SSSR count). The lowest BCUT2D eigenvalue weighted by Crippen LogP contribution is -2.40. The average molecular weight is 429 g/mol. The molecule has 0 spiro atoms. The predicted molar refractivity (Wildman–Crippen MR) is 123 cm³/mol. The highest BCUT2D eigenvalue weighted by atomic mass is 32.2. The van der Waals surface area contributed by atoms with E-state index in [1.54, 1.807) is 0 Å². The van der Waals surface area contributed by atoms with Crippen LogP contribution in [0, 0.1) is 5.92 Å². The first-order valence-corrected chi connectivity index (χ1v) is 12.2. The van der Waals surface area contributed by atoms with Gasteiger partial charge in [0.2, 0.25) is 10.0 Å². The van der Waals surface area contributed by atoms with E-state index in [1.807, 2.05) is 24.3 Å².